The Labute approximate surface area is 144 Å². The van der Waals surface area contributed by atoms with Crippen LogP contribution in [-0.4, -0.2) is 4.21 Å². The third-order valence-electron chi connectivity index (χ3n) is 4.81. The Morgan fingerprint density at radius 3 is 1.85 bits per heavy atom. The summed E-state index contributed by atoms with van der Waals surface area (Å²) in [5.74, 6) is 1.27. The minimum absolute atomic E-state index is 0. The Kier molecular flexibility index (Phi) is 7.63. The summed E-state index contributed by atoms with van der Waals surface area (Å²) in [5, 5.41) is 0. The van der Waals surface area contributed by atoms with E-state index >= 15 is 0 Å². The molecule has 2 aliphatic rings. The summed E-state index contributed by atoms with van der Waals surface area (Å²) >= 11 is -1.85. The Morgan fingerprint density at radius 1 is 0.950 bits per heavy atom. The zero-order chi connectivity index (χ0) is 13.6. The van der Waals surface area contributed by atoms with Crippen molar-refractivity contribution in [1.29, 1.82) is 0 Å². The molecule has 0 bridgehead atoms. The number of hydrogen-bond donors (Lipinski definition) is 0. The van der Waals surface area contributed by atoms with Gasteiger partial charge in [-0.25, -0.2) is 0 Å². The summed E-state index contributed by atoms with van der Waals surface area (Å²) < 4.78 is 8.13. The molecule has 2 atom stereocenters. The fourth-order valence-electron chi connectivity index (χ4n) is 3.34. The molecular weight excluding hydrogens is 366 g/mol. The molecule has 2 aliphatic carbocycles. The Morgan fingerprint density at radius 2 is 1.50 bits per heavy atom. The SMILES string of the molecule is Cl.Cl.[CH2]=[Zr]([C]1=C(C)C=CC1C)[C]1=C(C)C(C)=C(C)C1C. The van der Waals surface area contributed by atoms with Gasteiger partial charge in [0.25, 0.3) is 0 Å². The Hall–Kier alpha value is 0.293. The maximum absolute atomic E-state index is 4.69. The fourth-order valence-corrected chi connectivity index (χ4v) is 10.4. The van der Waals surface area contributed by atoms with Crippen molar-refractivity contribution < 1.29 is 21.3 Å². The first-order chi connectivity index (χ1) is 8.36. The van der Waals surface area contributed by atoms with Crippen LogP contribution in [0.4, 0.5) is 0 Å². The van der Waals surface area contributed by atoms with Crippen LogP contribution in [0.2, 0.25) is 0 Å². The zero-order valence-electron chi connectivity index (χ0n) is 13.3. The van der Waals surface area contributed by atoms with Gasteiger partial charge in [-0.05, 0) is 0 Å². The first-order valence-corrected chi connectivity index (χ1v) is 11.0. The van der Waals surface area contributed by atoms with E-state index in [-0.39, 0.29) is 24.8 Å². The quantitative estimate of drug-likeness (QED) is 0.572. The summed E-state index contributed by atoms with van der Waals surface area (Å²) in [5.41, 5.74) is 6.16. The summed E-state index contributed by atoms with van der Waals surface area (Å²) in [4.78, 5) is 0. The van der Waals surface area contributed by atoms with Crippen LogP contribution in [0.5, 0.6) is 0 Å². The molecule has 0 aromatic rings. The van der Waals surface area contributed by atoms with Gasteiger partial charge in [-0.3, -0.25) is 0 Å². The van der Waals surface area contributed by atoms with Gasteiger partial charge in [-0.15, -0.1) is 24.8 Å². The van der Waals surface area contributed by atoms with Gasteiger partial charge in [0.05, 0.1) is 0 Å². The average Bonchev–Trinajstić information content (AvgIpc) is 2.74. The van der Waals surface area contributed by atoms with E-state index in [1.165, 1.54) is 11.1 Å². The van der Waals surface area contributed by atoms with Gasteiger partial charge in [-0.2, -0.15) is 0 Å². The third-order valence-corrected chi connectivity index (χ3v) is 12.1. The molecule has 0 spiro atoms. The van der Waals surface area contributed by atoms with E-state index in [0.29, 0.717) is 11.8 Å². The van der Waals surface area contributed by atoms with Crippen LogP contribution in [0.25, 0.3) is 0 Å². The van der Waals surface area contributed by atoms with Crippen molar-refractivity contribution in [2.45, 2.75) is 41.5 Å². The van der Waals surface area contributed by atoms with Gasteiger partial charge < -0.3 is 0 Å². The molecule has 0 saturated heterocycles. The molecule has 0 fully saturated rings. The molecule has 0 aromatic heterocycles. The van der Waals surface area contributed by atoms with Crippen LogP contribution in [0, 0.1) is 11.8 Å². The molecule has 0 N–H and O–H groups in total. The summed E-state index contributed by atoms with van der Waals surface area (Å²) in [6.07, 6.45) is 4.65. The van der Waals surface area contributed by atoms with Crippen LogP contribution in [0.3, 0.4) is 0 Å². The predicted octanol–water partition coefficient (Wildman–Crippen LogP) is 5.62. The van der Waals surface area contributed by atoms with E-state index in [2.05, 4.69) is 57.9 Å². The van der Waals surface area contributed by atoms with Crippen molar-refractivity contribution in [2.75, 3.05) is 0 Å². The summed E-state index contributed by atoms with van der Waals surface area (Å²) in [6.45, 7) is 13.9. The van der Waals surface area contributed by atoms with Crippen LogP contribution >= 0.6 is 24.8 Å². The average molecular weight is 393 g/mol. The van der Waals surface area contributed by atoms with Gasteiger partial charge in [-0.1, -0.05) is 0 Å². The first-order valence-electron chi connectivity index (χ1n) is 6.83. The second kappa shape index (κ2) is 7.52. The Balaban J connectivity index is 0.00000180. The van der Waals surface area contributed by atoms with Crippen molar-refractivity contribution in [3.8, 4) is 0 Å². The number of halogens is 2. The molecule has 0 amide bonds. The molecule has 2 rings (SSSR count). The molecule has 0 radical (unpaired) electrons. The van der Waals surface area contributed by atoms with Crippen molar-refractivity contribution in [3.05, 3.63) is 41.0 Å². The molecule has 0 saturated carbocycles. The van der Waals surface area contributed by atoms with Crippen molar-refractivity contribution in [3.63, 3.8) is 0 Å². The predicted molar refractivity (Wildman–Crippen MR) is 92.9 cm³/mol. The molecule has 20 heavy (non-hydrogen) atoms. The second-order valence-electron chi connectivity index (χ2n) is 5.79. The Bertz CT molecular complexity index is 547. The van der Waals surface area contributed by atoms with Gasteiger partial charge in [0.2, 0.25) is 0 Å². The van der Waals surface area contributed by atoms with Gasteiger partial charge in [0.1, 0.15) is 0 Å². The van der Waals surface area contributed by atoms with Gasteiger partial charge >= 0.3 is 120 Å². The molecule has 0 aromatic carbocycles. The van der Waals surface area contributed by atoms with Crippen LogP contribution in [-0.2, 0) is 21.3 Å². The zero-order valence-corrected chi connectivity index (χ0v) is 17.4. The topological polar surface area (TPSA) is 0 Å². The first kappa shape index (κ1) is 20.3. The van der Waals surface area contributed by atoms with Crippen molar-refractivity contribution in [2.24, 2.45) is 11.8 Å². The summed E-state index contributed by atoms with van der Waals surface area (Å²) in [6, 6.07) is 0. The van der Waals surface area contributed by atoms with Crippen LogP contribution in [0.15, 0.2) is 41.0 Å². The van der Waals surface area contributed by atoms with Crippen LogP contribution < -0.4 is 0 Å². The molecule has 0 heterocycles. The van der Waals surface area contributed by atoms with E-state index < -0.39 is 21.3 Å². The number of hydrogen-bond acceptors (Lipinski definition) is 0. The minimum atomic E-state index is -1.85. The van der Waals surface area contributed by atoms with E-state index in [1.807, 2.05) is 0 Å². The molecular formula is C17H26Cl2Zr. The van der Waals surface area contributed by atoms with E-state index in [4.69, 9.17) is 0 Å². The summed E-state index contributed by atoms with van der Waals surface area (Å²) in [7, 11) is 0. The molecule has 0 nitrogen and oxygen atoms in total. The molecule has 0 aliphatic heterocycles. The van der Waals surface area contributed by atoms with Crippen molar-refractivity contribution in [1.82, 2.24) is 0 Å². The van der Waals surface area contributed by atoms with Gasteiger partial charge in [0.15, 0.2) is 0 Å². The molecule has 3 heteroatoms. The van der Waals surface area contributed by atoms with Crippen LogP contribution in [0.1, 0.15) is 41.5 Å². The normalized spacial score (nSPS) is 25.1. The van der Waals surface area contributed by atoms with Crippen molar-refractivity contribution >= 4 is 29.0 Å². The van der Waals surface area contributed by atoms with Gasteiger partial charge in [0, 0.05) is 0 Å². The fraction of sp³-hybridized carbons (Fsp3) is 0.471. The molecule has 2 unspecified atom stereocenters. The maximum atomic E-state index is 4.69. The van der Waals surface area contributed by atoms with E-state index in [0.717, 1.165) is 0 Å². The number of rotatable bonds is 2. The standard InChI is InChI=1S/C9H13.C7H9.CH2.2ClH.Zr/c1-6-5-7(2)9(4)8(6)3;1-6-3-4-7(2)5-6;;;;/h6H,1-4H3;3-4,6H,1-2H3;1H2;2*1H;. The van der Waals surface area contributed by atoms with E-state index in [1.54, 1.807) is 17.7 Å². The van der Waals surface area contributed by atoms with E-state index in [9.17, 15) is 0 Å². The third kappa shape index (κ3) is 3.21. The molecule has 112 valence electrons. The number of allylic oxidation sites excluding steroid dienone is 8. The second-order valence-corrected chi connectivity index (χ2v) is 10.8. The monoisotopic (exact) mass is 390 g/mol.